The second kappa shape index (κ2) is 8.52. The fourth-order valence-corrected chi connectivity index (χ4v) is 2.95. The zero-order valence-electron chi connectivity index (χ0n) is 15.6. The molecule has 29 heavy (non-hydrogen) atoms. The van der Waals surface area contributed by atoms with Gasteiger partial charge >= 0.3 is 6.18 Å². The highest BCUT2D eigenvalue weighted by molar-refractivity contribution is 5.77. The van der Waals surface area contributed by atoms with Crippen LogP contribution in [0.4, 0.5) is 30.5 Å². The number of benzene rings is 1. The molecule has 0 atom stereocenters. The van der Waals surface area contributed by atoms with Crippen LogP contribution >= 0.6 is 0 Å². The van der Waals surface area contributed by atoms with Crippen LogP contribution in [0.1, 0.15) is 5.56 Å². The van der Waals surface area contributed by atoms with E-state index in [1.54, 1.807) is 17.0 Å². The van der Waals surface area contributed by atoms with Crippen molar-refractivity contribution < 1.29 is 27.8 Å². The average Bonchev–Trinajstić information content (AvgIpc) is 2.73. The van der Waals surface area contributed by atoms with E-state index in [2.05, 4.69) is 20.2 Å². The fraction of sp³-hybridized carbons (Fsp3) is 0.389. The zero-order valence-corrected chi connectivity index (χ0v) is 15.6. The Kier molecular flexibility index (Phi) is 6.06. The van der Waals surface area contributed by atoms with Gasteiger partial charge in [0.2, 0.25) is 11.9 Å². The van der Waals surface area contributed by atoms with E-state index in [0.29, 0.717) is 50.0 Å². The molecule has 8 nitrogen and oxygen atoms in total. The SMILES string of the molecule is COc1cc(N2CCN(C(=O)CO)CC2)ccc1Nc1ncc(C(F)(F)F)cn1. The first-order chi connectivity index (χ1) is 13.8. The minimum absolute atomic E-state index is 0.0141. The first kappa shape index (κ1) is 20.6. The Morgan fingerprint density at radius 2 is 1.86 bits per heavy atom. The van der Waals surface area contributed by atoms with E-state index in [4.69, 9.17) is 9.84 Å². The van der Waals surface area contributed by atoms with Crippen molar-refractivity contribution >= 4 is 23.2 Å². The van der Waals surface area contributed by atoms with Crippen molar-refractivity contribution in [3.63, 3.8) is 0 Å². The predicted octanol–water partition coefficient (Wildman–Crippen LogP) is 1.89. The quantitative estimate of drug-likeness (QED) is 0.777. The van der Waals surface area contributed by atoms with Gasteiger partial charge in [-0.3, -0.25) is 4.79 Å². The van der Waals surface area contributed by atoms with E-state index in [-0.39, 0.29) is 11.9 Å². The smallest absolute Gasteiger partial charge is 0.419 e. The third-order valence-electron chi connectivity index (χ3n) is 4.54. The Labute approximate surface area is 164 Å². The first-order valence-electron chi connectivity index (χ1n) is 8.79. The van der Waals surface area contributed by atoms with E-state index in [1.807, 2.05) is 6.07 Å². The highest BCUT2D eigenvalue weighted by Gasteiger charge is 2.31. The molecule has 0 radical (unpaired) electrons. The van der Waals surface area contributed by atoms with Crippen molar-refractivity contribution in [2.24, 2.45) is 0 Å². The number of anilines is 3. The summed E-state index contributed by atoms with van der Waals surface area (Å²) < 4.78 is 43.2. The van der Waals surface area contributed by atoms with Gasteiger partial charge in [-0.25, -0.2) is 9.97 Å². The number of carbonyl (C=O) groups excluding carboxylic acids is 1. The first-order valence-corrected chi connectivity index (χ1v) is 8.79. The molecular formula is C18H20F3N5O3. The largest absolute Gasteiger partial charge is 0.494 e. The summed E-state index contributed by atoms with van der Waals surface area (Å²) in [5.74, 6) is 0.193. The molecule has 1 saturated heterocycles. The number of hydrogen-bond acceptors (Lipinski definition) is 7. The lowest BCUT2D eigenvalue weighted by Crippen LogP contribution is -2.49. The van der Waals surface area contributed by atoms with Crippen molar-refractivity contribution in [3.05, 3.63) is 36.2 Å². The number of nitrogens with zero attached hydrogens (tertiary/aromatic N) is 4. The number of hydrogen-bond donors (Lipinski definition) is 2. The van der Waals surface area contributed by atoms with Crippen LogP contribution in [0.25, 0.3) is 0 Å². The lowest BCUT2D eigenvalue weighted by atomic mass is 10.2. The molecule has 2 N–H and O–H groups in total. The highest BCUT2D eigenvalue weighted by Crippen LogP contribution is 2.32. The number of alkyl halides is 3. The van der Waals surface area contributed by atoms with Gasteiger partial charge in [-0.15, -0.1) is 0 Å². The van der Waals surface area contributed by atoms with Crippen LogP contribution in [0.2, 0.25) is 0 Å². The maximum absolute atomic E-state index is 12.6. The maximum Gasteiger partial charge on any atom is 0.419 e. The van der Waals surface area contributed by atoms with Crippen LogP contribution in [-0.4, -0.2) is 65.8 Å². The lowest BCUT2D eigenvalue weighted by molar-refractivity contribution is -0.138. The molecule has 1 aromatic carbocycles. The molecule has 0 spiro atoms. The second-order valence-corrected chi connectivity index (χ2v) is 6.33. The van der Waals surface area contributed by atoms with Crippen molar-refractivity contribution in [1.82, 2.24) is 14.9 Å². The van der Waals surface area contributed by atoms with Gasteiger partial charge in [0.05, 0.1) is 18.4 Å². The van der Waals surface area contributed by atoms with Crippen LogP contribution in [0.15, 0.2) is 30.6 Å². The minimum atomic E-state index is -4.50. The van der Waals surface area contributed by atoms with E-state index in [0.717, 1.165) is 5.69 Å². The topological polar surface area (TPSA) is 90.8 Å². The summed E-state index contributed by atoms with van der Waals surface area (Å²) in [6.45, 7) is 1.70. The monoisotopic (exact) mass is 411 g/mol. The molecule has 1 amide bonds. The second-order valence-electron chi connectivity index (χ2n) is 6.33. The normalized spacial score (nSPS) is 14.7. The summed E-state index contributed by atoms with van der Waals surface area (Å²) in [7, 11) is 1.48. The molecule has 0 saturated carbocycles. The van der Waals surface area contributed by atoms with Crippen LogP contribution < -0.4 is 15.0 Å². The lowest BCUT2D eigenvalue weighted by Gasteiger charge is -2.36. The van der Waals surface area contributed by atoms with Gasteiger partial charge < -0.3 is 25.0 Å². The van der Waals surface area contributed by atoms with E-state index < -0.39 is 18.3 Å². The Morgan fingerprint density at radius 1 is 1.21 bits per heavy atom. The average molecular weight is 411 g/mol. The predicted molar refractivity (Wildman–Crippen MR) is 99.2 cm³/mol. The Hall–Kier alpha value is -3.08. The number of ether oxygens (including phenoxy) is 1. The van der Waals surface area contributed by atoms with E-state index >= 15 is 0 Å². The summed E-state index contributed by atoms with van der Waals surface area (Å²) in [5.41, 5.74) is 0.450. The number of carbonyl (C=O) groups is 1. The summed E-state index contributed by atoms with van der Waals surface area (Å²) in [4.78, 5) is 22.6. The number of aliphatic hydroxyl groups is 1. The summed E-state index contributed by atoms with van der Waals surface area (Å²) in [6, 6.07) is 5.34. The van der Waals surface area contributed by atoms with Gasteiger partial charge in [-0.2, -0.15) is 13.2 Å². The molecule has 1 fully saturated rings. The molecule has 1 aliphatic heterocycles. The molecular weight excluding hydrogens is 391 g/mol. The number of rotatable bonds is 5. The molecule has 3 rings (SSSR count). The number of methoxy groups -OCH3 is 1. The van der Waals surface area contributed by atoms with Crippen molar-refractivity contribution in [2.45, 2.75) is 6.18 Å². The minimum Gasteiger partial charge on any atom is -0.494 e. The van der Waals surface area contributed by atoms with Crippen molar-refractivity contribution in [1.29, 1.82) is 0 Å². The third-order valence-corrected chi connectivity index (χ3v) is 4.54. The molecule has 2 heterocycles. The molecule has 1 aliphatic rings. The molecule has 1 aromatic heterocycles. The van der Waals surface area contributed by atoms with Gasteiger partial charge in [-0.05, 0) is 12.1 Å². The number of aromatic nitrogens is 2. The Morgan fingerprint density at radius 3 is 2.41 bits per heavy atom. The molecule has 2 aromatic rings. The standard InChI is InChI=1S/C18H20F3N5O3/c1-29-15-8-13(25-4-6-26(7-5-25)16(28)11-27)2-3-14(15)24-17-22-9-12(10-23-17)18(19,20)21/h2-3,8-10,27H,4-7,11H2,1H3,(H,22,23,24). The van der Waals surface area contributed by atoms with Crippen molar-refractivity contribution in [3.8, 4) is 5.75 Å². The third kappa shape index (κ3) is 4.86. The molecule has 11 heteroatoms. The van der Waals surface area contributed by atoms with E-state index in [1.165, 1.54) is 7.11 Å². The highest BCUT2D eigenvalue weighted by atomic mass is 19.4. The summed E-state index contributed by atoms with van der Waals surface area (Å²) >= 11 is 0. The summed E-state index contributed by atoms with van der Waals surface area (Å²) in [6.07, 6.45) is -3.07. The van der Waals surface area contributed by atoms with Crippen LogP contribution in [-0.2, 0) is 11.0 Å². The van der Waals surface area contributed by atoms with Gasteiger partial charge in [0, 0.05) is 50.3 Å². The number of amides is 1. The number of aliphatic hydroxyl groups excluding tert-OH is 1. The number of piperazine rings is 1. The van der Waals surface area contributed by atoms with Crippen LogP contribution in [0.5, 0.6) is 5.75 Å². The Bertz CT molecular complexity index is 853. The van der Waals surface area contributed by atoms with Crippen LogP contribution in [0.3, 0.4) is 0 Å². The summed E-state index contributed by atoms with van der Waals surface area (Å²) in [5, 5.41) is 11.8. The molecule has 0 unspecified atom stereocenters. The molecule has 156 valence electrons. The Balaban J connectivity index is 1.70. The van der Waals surface area contributed by atoms with Gasteiger partial charge in [0.1, 0.15) is 12.4 Å². The number of nitrogens with one attached hydrogen (secondary N) is 1. The van der Waals surface area contributed by atoms with Gasteiger partial charge in [-0.1, -0.05) is 0 Å². The fourth-order valence-electron chi connectivity index (χ4n) is 2.95. The van der Waals surface area contributed by atoms with Crippen molar-refractivity contribution in [2.75, 3.05) is 50.1 Å². The van der Waals surface area contributed by atoms with Gasteiger partial charge in [0.25, 0.3) is 0 Å². The van der Waals surface area contributed by atoms with Gasteiger partial charge in [0.15, 0.2) is 0 Å². The molecule has 0 bridgehead atoms. The molecule has 0 aliphatic carbocycles. The number of halogens is 3. The van der Waals surface area contributed by atoms with Crippen LogP contribution in [0, 0.1) is 0 Å². The maximum atomic E-state index is 12.6. The zero-order chi connectivity index (χ0) is 21.0. The van der Waals surface area contributed by atoms with E-state index in [9.17, 15) is 18.0 Å².